The maximum Gasteiger partial charge on any atom is 0.573 e. The third-order valence-electron chi connectivity index (χ3n) is 1.82. The van der Waals surface area contributed by atoms with Crippen LogP contribution in [0.1, 0.15) is 25.3 Å². The number of alkyl halides is 3. The first-order valence-corrected chi connectivity index (χ1v) is 4.72. The van der Waals surface area contributed by atoms with Gasteiger partial charge in [0, 0.05) is 5.02 Å². The molecule has 0 atom stereocenters. The Kier molecular flexibility index (Phi) is 3.50. The largest absolute Gasteiger partial charge is 0.573 e. The molecule has 1 nitrogen and oxygen atoms in total. The zero-order valence-electron chi connectivity index (χ0n) is 8.23. The van der Waals surface area contributed by atoms with Crippen molar-refractivity contribution in [3.63, 3.8) is 0 Å². The molecule has 0 radical (unpaired) electrons. The minimum absolute atomic E-state index is 0.0559. The smallest absolute Gasteiger partial charge is 0.405 e. The Hall–Kier alpha value is -0.900. The second-order valence-electron chi connectivity index (χ2n) is 3.38. The Morgan fingerprint density at radius 2 is 1.87 bits per heavy atom. The van der Waals surface area contributed by atoms with Crippen LogP contribution in [0.5, 0.6) is 5.75 Å². The quantitative estimate of drug-likeness (QED) is 0.744. The van der Waals surface area contributed by atoms with Gasteiger partial charge in [-0.3, -0.25) is 0 Å². The molecule has 0 fully saturated rings. The molecular weight excluding hydrogens is 229 g/mol. The molecule has 0 aromatic heterocycles. The molecule has 0 aliphatic carbocycles. The van der Waals surface area contributed by atoms with Crippen molar-refractivity contribution in [1.29, 1.82) is 0 Å². The highest BCUT2D eigenvalue weighted by Gasteiger charge is 2.32. The summed E-state index contributed by atoms with van der Waals surface area (Å²) in [6.07, 6.45) is -4.69. The van der Waals surface area contributed by atoms with Crippen molar-refractivity contribution in [2.75, 3.05) is 0 Å². The molecule has 0 aliphatic heterocycles. The van der Waals surface area contributed by atoms with Crippen LogP contribution in [-0.4, -0.2) is 6.36 Å². The zero-order valence-corrected chi connectivity index (χ0v) is 8.99. The van der Waals surface area contributed by atoms with Crippen molar-refractivity contribution in [2.45, 2.75) is 26.1 Å². The van der Waals surface area contributed by atoms with Gasteiger partial charge in [0.25, 0.3) is 0 Å². The highest BCUT2D eigenvalue weighted by molar-refractivity contribution is 6.30. The number of benzene rings is 1. The minimum atomic E-state index is -4.69. The second-order valence-corrected chi connectivity index (χ2v) is 3.82. The molecular formula is C10H10ClF3O. The summed E-state index contributed by atoms with van der Waals surface area (Å²) in [6.45, 7) is 3.57. The lowest BCUT2D eigenvalue weighted by atomic mass is 10.0. The number of rotatable bonds is 2. The van der Waals surface area contributed by atoms with Crippen molar-refractivity contribution in [2.24, 2.45) is 0 Å². The average molecular weight is 239 g/mol. The Labute approximate surface area is 90.8 Å². The lowest BCUT2D eigenvalue weighted by Crippen LogP contribution is -2.18. The van der Waals surface area contributed by atoms with Crippen LogP contribution in [0.15, 0.2) is 18.2 Å². The van der Waals surface area contributed by atoms with Gasteiger partial charge in [0.15, 0.2) is 0 Å². The number of ether oxygens (including phenoxy) is 1. The third kappa shape index (κ3) is 3.63. The van der Waals surface area contributed by atoms with Crippen LogP contribution >= 0.6 is 11.6 Å². The molecule has 0 N–H and O–H groups in total. The molecule has 0 spiro atoms. The van der Waals surface area contributed by atoms with Crippen molar-refractivity contribution in [3.05, 3.63) is 28.8 Å². The van der Waals surface area contributed by atoms with Crippen LogP contribution in [0, 0.1) is 0 Å². The Morgan fingerprint density at radius 3 is 2.33 bits per heavy atom. The standard InChI is InChI=1S/C10H10ClF3O/c1-6(2)8-4-3-7(11)5-9(8)15-10(12,13)14/h3-6H,1-2H3. The lowest BCUT2D eigenvalue weighted by molar-refractivity contribution is -0.274. The molecule has 1 rings (SSSR count). The van der Waals surface area contributed by atoms with Gasteiger partial charge in [-0.2, -0.15) is 0 Å². The van der Waals surface area contributed by atoms with E-state index in [0.717, 1.165) is 0 Å². The van der Waals surface area contributed by atoms with E-state index < -0.39 is 6.36 Å². The van der Waals surface area contributed by atoms with Crippen molar-refractivity contribution < 1.29 is 17.9 Å². The first-order chi connectivity index (χ1) is 6.79. The van der Waals surface area contributed by atoms with Gasteiger partial charge < -0.3 is 4.74 Å². The number of hydrogen-bond donors (Lipinski definition) is 0. The molecule has 0 saturated heterocycles. The van der Waals surface area contributed by atoms with Gasteiger partial charge in [-0.05, 0) is 23.6 Å². The van der Waals surface area contributed by atoms with Crippen LogP contribution in [-0.2, 0) is 0 Å². The van der Waals surface area contributed by atoms with E-state index >= 15 is 0 Å². The highest BCUT2D eigenvalue weighted by atomic mass is 35.5. The summed E-state index contributed by atoms with van der Waals surface area (Å²) in [6, 6.07) is 4.25. The molecule has 0 amide bonds. The van der Waals surface area contributed by atoms with Crippen LogP contribution in [0.2, 0.25) is 5.02 Å². The van der Waals surface area contributed by atoms with Crippen molar-refractivity contribution >= 4 is 11.6 Å². The molecule has 0 unspecified atom stereocenters. The van der Waals surface area contributed by atoms with E-state index in [4.69, 9.17) is 11.6 Å². The summed E-state index contributed by atoms with van der Waals surface area (Å²) in [5.74, 6) is -0.287. The predicted octanol–water partition coefficient (Wildman–Crippen LogP) is 4.36. The number of halogens is 4. The van der Waals surface area contributed by atoms with E-state index in [1.165, 1.54) is 12.1 Å². The Balaban J connectivity index is 3.08. The first kappa shape index (κ1) is 12.2. The fourth-order valence-electron chi connectivity index (χ4n) is 1.20. The first-order valence-electron chi connectivity index (χ1n) is 4.35. The van der Waals surface area contributed by atoms with E-state index in [-0.39, 0.29) is 16.7 Å². The Bertz CT molecular complexity index is 347. The van der Waals surface area contributed by atoms with Gasteiger partial charge in [0.2, 0.25) is 0 Å². The van der Waals surface area contributed by atoms with Crippen molar-refractivity contribution in [1.82, 2.24) is 0 Å². The van der Waals surface area contributed by atoms with Gasteiger partial charge >= 0.3 is 6.36 Å². The second kappa shape index (κ2) is 4.31. The van der Waals surface area contributed by atoms with E-state index in [1.54, 1.807) is 19.9 Å². The van der Waals surface area contributed by atoms with E-state index in [9.17, 15) is 13.2 Å². The van der Waals surface area contributed by atoms with Gasteiger partial charge in [0.05, 0.1) is 0 Å². The molecule has 0 bridgehead atoms. The zero-order chi connectivity index (χ0) is 11.6. The average Bonchev–Trinajstić information content (AvgIpc) is 1.99. The maximum absolute atomic E-state index is 12.1. The SMILES string of the molecule is CC(C)c1ccc(Cl)cc1OC(F)(F)F. The molecule has 15 heavy (non-hydrogen) atoms. The number of hydrogen-bond acceptors (Lipinski definition) is 1. The summed E-state index contributed by atoms with van der Waals surface area (Å²) < 4.78 is 40.0. The molecule has 0 heterocycles. The summed E-state index contributed by atoms with van der Waals surface area (Å²) in [7, 11) is 0. The fourth-order valence-corrected chi connectivity index (χ4v) is 1.36. The monoisotopic (exact) mass is 238 g/mol. The summed E-state index contributed by atoms with van der Waals surface area (Å²) in [4.78, 5) is 0. The highest BCUT2D eigenvalue weighted by Crippen LogP contribution is 2.33. The maximum atomic E-state index is 12.1. The predicted molar refractivity (Wildman–Crippen MR) is 52.2 cm³/mol. The summed E-state index contributed by atoms with van der Waals surface area (Å²) in [5.41, 5.74) is 0.483. The minimum Gasteiger partial charge on any atom is -0.405 e. The Morgan fingerprint density at radius 1 is 1.27 bits per heavy atom. The summed E-state index contributed by atoms with van der Waals surface area (Å²) in [5, 5.41) is 0.221. The molecule has 0 aliphatic rings. The summed E-state index contributed by atoms with van der Waals surface area (Å²) >= 11 is 5.60. The van der Waals surface area contributed by atoms with E-state index in [1.807, 2.05) is 0 Å². The van der Waals surface area contributed by atoms with Gasteiger partial charge in [0.1, 0.15) is 5.75 Å². The van der Waals surface area contributed by atoms with Gasteiger partial charge in [-0.15, -0.1) is 13.2 Å². The molecule has 5 heteroatoms. The molecule has 0 saturated carbocycles. The fraction of sp³-hybridized carbons (Fsp3) is 0.400. The van der Waals surface area contributed by atoms with E-state index in [2.05, 4.69) is 4.74 Å². The van der Waals surface area contributed by atoms with Crippen LogP contribution in [0.3, 0.4) is 0 Å². The van der Waals surface area contributed by atoms with Gasteiger partial charge in [-0.1, -0.05) is 31.5 Å². The molecule has 1 aromatic carbocycles. The third-order valence-corrected chi connectivity index (χ3v) is 2.06. The molecule has 84 valence electrons. The van der Waals surface area contributed by atoms with Crippen LogP contribution in [0.25, 0.3) is 0 Å². The lowest BCUT2D eigenvalue weighted by Gasteiger charge is -2.15. The van der Waals surface area contributed by atoms with Crippen molar-refractivity contribution in [3.8, 4) is 5.75 Å². The topological polar surface area (TPSA) is 9.23 Å². The van der Waals surface area contributed by atoms with E-state index in [0.29, 0.717) is 5.56 Å². The van der Waals surface area contributed by atoms with Crippen LogP contribution < -0.4 is 4.74 Å². The van der Waals surface area contributed by atoms with Gasteiger partial charge in [-0.25, -0.2) is 0 Å². The molecule has 1 aromatic rings. The van der Waals surface area contributed by atoms with Crippen LogP contribution in [0.4, 0.5) is 13.2 Å². The normalized spacial score (nSPS) is 11.9.